The highest BCUT2D eigenvalue weighted by molar-refractivity contribution is 7.15. The third-order valence-corrected chi connectivity index (χ3v) is 6.75. The van der Waals surface area contributed by atoms with Gasteiger partial charge in [-0.15, -0.1) is 0 Å². The largest absolute Gasteiger partial charge is 0.478 e. The number of para-hydroxylation sites is 3. The van der Waals surface area contributed by atoms with Crippen molar-refractivity contribution in [3.05, 3.63) is 111 Å². The second kappa shape index (κ2) is 7.43. The Kier molecular flexibility index (Phi) is 4.38. The summed E-state index contributed by atoms with van der Waals surface area (Å²) in [7, 11) is 0. The molecule has 0 aliphatic carbocycles. The van der Waals surface area contributed by atoms with Crippen LogP contribution < -0.4 is 10.1 Å². The molecule has 3 aromatic carbocycles. The van der Waals surface area contributed by atoms with Crippen molar-refractivity contribution in [2.24, 2.45) is 0 Å². The molecule has 0 unspecified atom stereocenters. The van der Waals surface area contributed by atoms with Gasteiger partial charge < -0.3 is 9.67 Å². The van der Waals surface area contributed by atoms with Crippen LogP contribution in [0.25, 0.3) is 33.0 Å². The van der Waals surface area contributed by atoms with Crippen LogP contribution in [0.1, 0.15) is 21.5 Å². The highest BCUT2D eigenvalue weighted by Crippen LogP contribution is 2.24. The van der Waals surface area contributed by atoms with Crippen molar-refractivity contribution >= 4 is 50.3 Å². The van der Waals surface area contributed by atoms with Crippen molar-refractivity contribution < 1.29 is 9.90 Å². The Labute approximate surface area is 191 Å². The molecule has 0 bridgehead atoms. The third kappa shape index (κ3) is 3.21. The minimum absolute atomic E-state index is 0.0744. The molecule has 0 aliphatic heterocycles. The zero-order valence-corrected chi connectivity index (χ0v) is 18.1. The number of benzene rings is 3. The molecular weight excluding hydrogens is 434 g/mol. The van der Waals surface area contributed by atoms with Crippen LogP contribution in [-0.4, -0.2) is 25.0 Å². The Bertz CT molecular complexity index is 1810. The van der Waals surface area contributed by atoms with E-state index in [0.717, 1.165) is 33.1 Å². The second-order valence-corrected chi connectivity index (χ2v) is 8.88. The van der Waals surface area contributed by atoms with Crippen LogP contribution in [0.15, 0.2) is 83.8 Å². The van der Waals surface area contributed by atoms with E-state index in [2.05, 4.69) is 9.55 Å². The Morgan fingerprint density at radius 3 is 2.64 bits per heavy atom. The smallest absolute Gasteiger partial charge is 0.335 e. The maximum atomic E-state index is 13.2. The quantitative estimate of drug-likeness (QED) is 0.437. The molecule has 0 fully saturated rings. The summed E-state index contributed by atoms with van der Waals surface area (Å²) in [6.07, 6.45) is 3.93. The van der Waals surface area contributed by atoms with Gasteiger partial charge >= 0.3 is 5.97 Å². The number of carbonyl (C=O) groups is 1. The van der Waals surface area contributed by atoms with E-state index in [1.54, 1.807) is 22.6 Å². The minimum Gasteiger partial charge on any atom is -0.478 e. The summed E-state index contributed by atoms with van der Waals surface area (Å²) in [5.74, 6) is -0.943. The molecule has 0 atom stereocenters. The maximum Gasteiger partial charge on any atom is 0.335 e. The van der Waals surface area contributed by atoms with E-state index in [-0.39, 0.29) is 11.1 Å². The van der Waals surface area contributed by atoms with E-state index in [4.69, 9.17) is 0 Å². The standard InChI is InChI=1S/C26H17N3O3S/c30-24-23(33-26-27-20-9-2-4-11-22(20)29(24)26)13-18-15-28(21-10-3-1-8-19(18)21)14-16-6-5-7-17(12-16)25(31)32/h1-13,15H,14H2,(H,31,32)/b23-13-. The first-order chi connectivity index (χ1) is 16.1. The summed E-state index contributed by atoms with van der Waals surface area (Å²) in [6, 6.07) is 22.6. The van der Waals surface area contributed by atoms with Crippen molar-refractivity contribution in [2.75, 3.05) is 0 Å². The fourth-order valence-electron chi connectivity index (χ4n) is 4.27. The topological polar surface area (TPSA) is 76.6 Å². The fraction of sp³-hybridized carbons (Fsp3) is 0.0385. The predicted octanol–water partition coefficient (Wildman–Crippen LogP) is 4.16. The summed E-state index contributed by atoms with van der Waals surface area (Å²) in [4.78, 5) is 29.8. The molecule has 6 nitrogen and oxygen atoms in total. The summed E-state index contributed by atoms with van der Waals surface area (Å²) < 4.78 is 4.38. The lowest BCUT2D eigenvalue weighted by Crippen LogP contribution is -2.22. The zero-order chi connectivity index (χ0) is 22.5. The molecule has 0 radical (unpaired) electrons. The molecule has 0 spiro atoms. The number of imidazole rings is 1. The van der Waals surface area contributed by atoms with Crippen LogP contribution in [0.2, 0.25) is 0 Å². The lowest BCUT2D eigenvalue weighted by Gasteiger charge is -2.06. The Balaban J connectivity index is 1.49. The van der Waals surface area contributed by atoms with Gasteiger partial charge in [-0.25, -0.2) is 14.2 Å². The normalized spacial score (nSPS) is 12.3. The molecule has 33 heavy (non-hydrogen) atoms. The number of thiazole rings is 1. The molecule has 3 heterocycles. The minimum atomic E-state index is -0.943. The van der Waals surface area contributed by atoms with Gasteiger partial charge in [0.1, 0.15) is 0 Å². The fourth-order valence-corrected chi connectivity index (χ4v) is 5.25. The van der Waals surface area contributed by atoms with E-state index in [9.17, 15) is 14.7 Å². The highest BCUT2D eigenvalue weighted by Gasteiger charge is 2.13. The van der Waals surface area contributed by atoms with Crippen LogP contribution >= 0.6 is 11.3 Å². The third-order valence-electron chi connectivity index (χ3n) is 5.78. The van der Waals surface area contributed by atoms with Gasteiger partial charge in [0.15, 0.2) is 4.96 Å². The Morgan fingerprint density at radius 1 is 1.00 bits per heavy atom. The molecule has 0 saturated carbocycles. The molecule has 0 amide bonds. The molecule has 7 heteroatoms. The second-order valence-electron chi connectivity index (χ2n) is 7.87. The summed E-state index contributed by atoms with van der Waals surface area (Å²) >= 11 is 1.38. The van der Waals surface area contributed by atoms with E-state index in [1.807, 2.05) is 66.9 Å². The SMILES string of the molecule is O=C(O)c1cccc(Cn2cc(/C=c3\sc4nc5ccccc5n4c3=O)c3ccccc32)c1. The first kappa shape index (κ1) is 19.5. The number of carboxylic acids is 1. The van der Waals surface area contributed by atoms with Crippen molar-refractivity contribution in [1.82, 2.24) is 14.0 Å². The molecule has 6 rings (SSSR count). The molecule has 3 aromatic heterocycles. The first-order valence-corrected chi connectivity index (χ1v) is 11.2. The average Bonchev–Trinajstić information content (AvgIpc) is 3.46. The number of hydrogen-bond donors (Lipinski definition) is 1. The average molecular weight is 452 g/mol. The summed E-state index contributed by atoms with van der Waals surface area (Å²) in [5, 5.41) is 10.3. The lowest BCUT2D eigenvalue weighted by atomic mass is 10.1. The Hall–Kier alpha value is -4.23. The van der Waals surface area contributed by atoms with E-state index >= 15 is 0 Å². The van der Waals surface area contributed by atoms with E-state index in [0.29, 0.717) is 16.0 Å². The molecule has 1 N–H and O–H groups in total. The molecule has 0 saturated heterocycles. The van der Waals surface area contributed by atoms with Gasteiger partial charge in [-0.1, -0.05) is 53.8 Å². The van der Waals surface area contributed by atoms with Crippen molar-refractivity contribution in [2.45, 2.75) is 6.54 Å². The number of aromatic carboxylic acids is 1. The number of hydrogen-bond acceptors (Lipinski definition) is 4. The van der Waals surface area contributed by atoms with Gasteiger partial charge in [0, 0.05) is 29.2 Å². The van der Waals surface area contributed by atoms with Crippen molar-refractivity contribution in [3.8, 4) is 0 Å². The van der Waals surface area contributed by atoms with E-state index in [1.165, 1.54) is 11.3 Å². The van der Waals surface area contributed by atoms with Crippen molar-refractivity contribution in [1.29, 1.82) is 0 Å². The van der Waals surface area contributed by atoms with Gasteiger partial charge in [-0.3, -0.25) is 4.79 Å². The number of fused-ring (bicyclic) bond motifs is 4. The molecule has 6 aromatic rings. The van der Waals surface area contributed by atoms with Gasteiger partial charge in [0.25, 0.3) is 5.56 Å². The number of nitrogens with zero attached hydrogens (tertiary/aromatic N) is 3. The number of aromatic nitrogens is 3. The van der Waals surface area contributed by atoms with Crippen LogP contribution in [0.3, 0.4) is 0 Å². The van der Waals surface area contributed by atoms with Crippen LogP contribution in [0, 0.1) is 0 Å². The molecule has 160 valence electrons. The van der Waals surface area contributed by atoms with Crippen LogP contribution in [0.5, 0.6) is 0 Å². The van der Waals surface area contributed by atoms with Gasteiger partial charge in [0.05, 0.1) is 21.1 Å². The summed E-state index contributed by atoms with van der Waals surface area (Å²) in [6.45, 7) is 0.526. The highest BCUT2D eigenvalue weighted by atomic mass is 32.1. The van der Waals surface area contributed by atoms with Crippen LogP contribution in [0.4, 0.5) is 0 Å². The predicted molar refractivity (Wildman–Crippen MR) is 130 cm³/mol. The maximum absolute atomic E-state index is 13.2. The lowest BCUT2D eigenvalue weighted by molar-refractivity contribution is 0.0696. The number of carboxylic acid groups (broad SMARTS) is 1. The first-order valence-electron chi connectivity index (χ1n) is 10.4. The van der Waals surface area contributed by atoms with Gasteiger partial charge in [0.2, 0.25) is 0 Å². The molecular formula is C26H17N3O3S. The Morgan fingerprint density at radius 2 is 1.79 bits per heavy atom. The van der Waals surface area contributed by atoms with Gasteiger partial charge in [-0.05, 0) is 42.0 Å². The van der Waals surface area contributed by atoms with E-state index < -0.39 is 5.97 Å². The summed E-state index contributed by atoms with van der Waals surface area (Å²) in [5.41, 5.74) is 4.67. The van der Waals surface area contributed by atoms with Crippen molar-refractivity contribution in [3.63, 3.8) is 0 Å². The molecule has 0 aliphatic rings. The number of rotatable bonds is 4. The zero-order valence-electron chi connectivity index (χ0n) is 17.3. The monoisotopic (exact) mass is 451 g/mol. The van der Waals surface area contributed by atoms with Crippen LogP contribution in [-0.2, 0) is 6.54 Å². The van der Waals surface area contributed by atoms with Gasteiger partial charge in [-0.2, -0.15) is 0 Å².